The van der Waals surface area contributed by atoms with E-state index in [0.29, 0.717) is 16.9 Å². The highest BCUT2D eigenvalue weighted by Crippen LogP contribution is 2.31. The third-order valence-corrected chi connectivity index (χ3v) is 4.73. The van der Waals surface area contributed by atoms with Gasteiger partial charge in [0.05, 0.1) is 0 Å². The van der Waals surface area contributed by atoms with Crippen molar-refractivity contribution >= 4 is 11.9 Å². The Kier molecular flexibility index (Phi) is 7.94. The zero-order valence-electron chi connectivity index (χ0n) is 19.1. The third kappa shape index (κ3) is 6.51. The first-order chi connectivity index (χ1) is 16.7. The van der Waals surface area contributed by atoms with Crippen LogP contribution < -0.4 is 9.47 Å². The molecule has 0 fully saturated rings. The van der Waals surface area contributed by atoms with Crippen LogP contribution in [0.15, 0.2) is 97.5 Å². The zero-order chi connectivity index (χ0) is 25.5. The number of esters is 2. The molecule has 0 atom stereocenters. The maximum absolute atomic E-state index is 14.9. The fraction of sp³-hybridized carbons (Fsp3) is 0.0714. The van der Waals surface area contributed by atoms with Gasteiger partial charge in [0.25, 0.3) is 0 Å². The van der Waals surface area contributed by atoms with Crippen LogP contribution in [0.3, 0.4) is 0 Å². The molecule has 3 aromatic carbocycles. The number of carbonyl (C=O) groups excluding carboxylic acids is 2. The minimum absolute atomic E-state index is 0.135. The number of halogens is 2. The second kappa shape index (κ2) is 11.1. The third-order valence-electron chi connectivity index (χ3n) is 4.73. The molecule has 0 spiro atoms. The molecule has 7 heteroatoms. The summed E-state index contributed by atoms with van der Waals surface area (Å²) in [7, 11) is 0. The Hall–Kier alpha value is -4.52. The summed E-state index contributed by atoms with van der Waals surface area (Å²) in [6.07, 6.45) is 2.33. The molecule has 0 heterocycles. The standard InChI is InChI=1S/C28H22F2O5/c1-17(2)27(31)34-14-13-33-22-9-5-19(6-10-22)20-7-11-23(24(29)15-20)21-8-12-26(25(30)16-21)35-28(32)18(3)4/h5-16H,1,3H2,2,4H3. The molecule has 35 heavy (non-hydrogen) atoms. The molecule has 3 aromatic rings. The van der Waals surface area contributed by atoms with Crippen molar-refractivity contribution in [2.75, 3.05) is 0 Å². The van der Waals surface area contributed by atoms with Gasteiger partial charge in [-0.3, -0.25) is 0 Å². The molecular weight excluding hydrogens is 454 g/mol. The monoisotopic (exact) mass is 476 g/mol. The second-order valence-corrected chi connectivity index (χ2v) is 7.61. The van der Waals surface area contributed by atoms with Crippen molar-refractivity contribution in [2.45, 2.75) is 13.8 Å². The summed E-state index contributed by atoms with van der Waals surface area (Å²) in [5.74, 6) is -2.42. The van der Waals surface area contributed by atoms with Crippen LogP contribution in [0.4, 0.5) is 8.78 Å². The molecule has 0 aromatic heterocycles. The van der Waals surface area contributed by atoms with Gasteiger partial charge >= 0.3 is 11.9 Å². The maximum Gasteiger partial charge on any atom is 0.338 e. The van der Waals surface area contributed by atoms with Gasteiger partial charge in [0.15, 0.2) is 11.6 Å². The molecule has 0 aliphatic carbocycles. The van der Waals surface area contributed by atoms with Gasteiger partial charge in [0.1, 0.15) is 24.1 Å². The average molecular weight is 476 g/mol. The van der Waals surface area contributed by atoms with Gasteiger partial charge in [0, 0.05) is 16.7 Å². The number of hydrogen-bond donors (Lipinski definition) is 0. The topological polar surface area (TPSA) is 61.8 Å². The molecule has 0 amide bonds. The van der Waals surface area contributed by atoms with Crippen LogP contribution >= 0.6 is 0 Å². The van der Waals surface area contributed by atoms with Crippen LogP contribution in [0.25, 0.3) is 22.3 Å². The summed E-state index contributed by atoms with van der Waals surface area (Å²) >= 11 is 0. The number of ether oxygens (including phenoxy) is 3. The summed E-state index contributed by atoms with van der Waals surface area (Å²) in [6.45, 7) is 9.90. The summed E-state index contributed by atoms with van der Waals surface area (Å²) in [5.41, 5.74) is 2.23. The Bertz CT molecular complexity index is 1320. The highest BCUT2D eigenvalue weighted by Gasteiger charge is 2.14. The van der Waals surface area contributed by atoms with Crippen molar-refractivity contribution < 1.29 is 32.6 Å². The lowest BCUT2D eigenvalue weighted by molar-refractivity contribution is -0.133. The van der Waals surface area contributed by atoms with E-state index in [9.17, 15) is 18.4 Å². The number of hydrogen-bond acceptors (Lipinski definition) is 5. The largest absolute Gasteiger partial charge is 0.462 e. The zero-order valence-corrected chi connectivity index (χ0v) is 19.1. The van der Waals surface area contributed by atoms with Gasteiger partial charge in [-0.25, -0.2) is 18.4 Å². The number of carbonyl (C=O) groups is 2. The Morgan fingerprint density at radius 3 is 1.94 bits per heavy atom. The van der Waals surface area contributed by atoms with Gasteiger partial charge in [0.2, 0.25) is 0 Å². The Labute approximate surface area is 201 Å². The lowest BCUT2D eigenvalue weighted by atomic mass is 9.99. The first-order valence-corrected chi connectivity index (χ1v) is 10.4. The van der Waals surface area contributed by atoms with Crippen LogP contribution in [0.5, 0.6) is 11.5 Å². The van der Waals surface area contributed by atoms with E-state index in [1.807, 2.05) is 0 Å². The first kappa shape index (κ1) is 25.1. The van der Waals surface area contributed by atoms with Crippen LogP contribution in [-0.2, 0) is 14.3 Å². The fourth-order valence-electron chi connectivity index (χ4n) is 2.89. The van der Waals surface area contributed by atoms with Gasteiger partial charge in [-0.2, -0.15) is 0 Å². The molecular formula is C28H22F2O5. The lowest BCUT2D eigenvalue weighted by Crippen LogP contribution is -2.09. The summed E-state index contributed by atoms with van der Waals surface area (Å²) in [6, 6.07) is 15.3. The molecule has 0 unspecified atom stereocenters. The summed E-state index contributed by atoms with van der Waals surface area (Å²) < 4.78 is 44.3. The molecule has 0 saturated carbocycles. The van der Waals surface area contributed by atoms with E-state index in [1.54, 1.807) is 36.4 Å². The minimum atomic E-state index is -0.792. The van der Waals surface area contributed by atoms with E-state index in [1.165, 1.54) is 38.3 Å². The second-order valence-electron chi connectivity index (χ2n) is 7.61. The first-order valence-electron chi connectivity index (χ1n) is 10.4. The van der Waals surface area contributed by atoms with E-state index in [-0.39, 0.29) is 22.5 Å². The normalized spacial score (nSPS) is 10.6. The highest BCUT2D eigenvalue weighted by atomic mass is 19.1. The van der Waals surface area contributed by atoms with Crippen molar-refractivity contribution in [2.24, 2.45) is 0 Å². The molecule has 0 radical (unpaired) electrons. The molecule has 3 rings (SSSR count). The van der Waals surface area contributed by atoms with Gasteiger partial charge in [-0.05, 0) is 60.9 Å². The van der Waals surface area contributed by atoms with E-state index in [2.05, 4.69) is 13.2 Å². The maximum atomic E-state index is 14.9. The van der Waals surface area contributed by atoms with Crippen LogP contribution in [0, 0.1) is 11.6 Å². The van der Waals surface area contributed by atoms with E-state index >= 15 is 0 Å². The highest BCUT2D eigenvalue weighted by molar-refractivity contribution is 5.89. The summed E-state index contributed by atoms with van der Waals surface area (Å²) in [4.78, 5) is 22.9. The van der Waals surface area contributed by atoms with Gasteiger partial charge in [-0.15, -0.1) is 0 Å². The number of rotatable bonds is 8. The van der Waals surface area contributed by atoms with Crippen molar-refractivity contribution in [3.63, 3.8) is 0 Å². The molecule has 0 N–H and O–H groups in total. The van der Waals surface area contributed by atoms with E-state index in [0.717, 1.165) is 17.9 Å². The van der Waals surface area contributed by atoms with Crippen molar-refractivity contribution in [1.29, 1.82) is 0 Å². The minimum Gasteiger partial charge on any atom is -0.462 e. The Balaban J connectivity index is 1.71. The molecule has 0 saturated heterocycles. The van der Waals surface area contributed by atoms with Crippen molar-refractivity contribution in [3.8, 4) is 33.8 Å². The van der Waals surface area contributed by atoms with E-state index < -0.39 is 23.6 Å². The molecule has 0 aliphatic rings. The predicted molar refractivity (Wildman–Crippen MR) is 128 cm³/mol. The van der Waals surface area contributed by atoms with Crippen LogP contribution in [0.2, 0.25) is 0 Å². The molecule has 178 valence electrons. The summed E-state index contributed by atoms with van der Waals surface area (Å²) in [5, 5.41) is 0. The lowest BCUT2D eigenvalue weighted by Gasteiger charge is -2.10. The average Bonchev–Trinajstić information content (AvgIpc) is 2.83. The Morgan fingerprint density at radius 1 is 0.743 bits per heavy atom. The van der Waals surface area contributed by atoms with Crippen molar-refractivity contribution in [3.05, 3.63) is 109 Å². The van der Waals surface area contributed by atoms with Gasteiger partial charge < -0.3 is 14.2 Å². The van der Waals surface area contributed by atoms with Gasteiger partial charge in [-0.1, -0.05) is 43.5 Å². The number of benzene rings is 3. The van der Waals surface area contributed by atoms with Crippen molar-refractivity contribution in [1.82, 2.24) is 0 Å². The molecule has 5 nitrogen and oxygen atoms in total. The fourth-order valence-corrected chi connectivity index (χ4v) is 2.89. The quantitative estimate of drug-likeness (QED) is 0.156. The predicted octanol–water partition coefficient (Wildman–Crippen LogP) is 6.75. The smallest absolute Gasteiger partial charge is 0.338 e. The Morgan fingerprint density at radius 2 is 1.34 bits per heavy atom. The van der Waals surface area contributed by atoms with Crippen LogP contribution in [-0.4, -0.2) is 11.9 Å². The molecule has 0 bridgehead atoms. The van der Waals surface area contributed by atoms with Crippen LogP contribution in [0.1, 0.15) is 13.8 Å². The molecule has 0 aliphatic heterocycles. The SMILES string of the molecule is C=C(C)C(=O)OC=COc1ccc(-c2ccc(-c3ccc(OC(=O)C(=C)C)c(F)c3)c(F)c2)cc1. The van der Waals surface area contributed by atoms with E-state index in [4.69, 9.17) is 14.2 Å².